The minimum absolute atomic E-state index is 0.0324. The Balaban J connectivity index is 1.92. The molecule has 1 atom stereocenters. The zero-order valence-corrected chi connectivity index (χ0v) is 14.3. The summed E-state index contributed by atoms with van der Waals surface area (Å²) in [5.41, 5.74) is 0. The van der Waals surface area contributed by atoms with E-state index < -0.39 is 10.0 Å². The molecule has 1 aromatic rings. The van der Waals surface area contributed by atoms with Gasteiger partial charge in [-0.15, -0.1) is 0 Å². The van der Waals surface area contributed by atoms with Crippen molar-refractivity contribution in [3.05, 3.63) is 27.2 Å². The van der Waals surface area contributed by atoms with Gasteiger partial charge in [-0.05, 0) is 31.5 Å². The summed E-state index contributed by atoms with van der Waals surface area (Å²) in [7, 11) is -3.64. The van der Waals surface area contributed by atoms with E-state index in [-0.39, 0.29) is 20.0 Å². The normalized spacial score (nSPS) is 24.2. The summed E-state index contributed by atoms with van der Waals surface area (Å²) in [4.78, 5) is 2.38. The highest BCUT2D eigenvalue weighted by molar-refractivity contribution is 7.89. The first-order valence-electron chi connectivity index (χ1n) is 6.78. The third-order valence-electron chi connectivity index (χ3n) is 4.14. The molecule has 2 aliphatic rings. The van der Waals surface area contributed by atoms with E-state index >= 15 is 0 Å². The Hall–Kier alpha value is -0.0400. The summed E-state index contributed by atoms with van der Waals surface area (Å²) in [5, 5.41) is 0.554. The van der Waals surface area contributed by atoms with Crippen molar-refractivity contribution in [3.8, 4) is 0 Å². The van der Waals surface area contributed by atoms with Crippen LogP contribution in [-0.2, 0) is 10.0 Å². The molecule has 1 aromatic carbocycles. The van der Waals surface area contributed by atoms with E-state index in [1.165, 1.54) is 16.4 Å². The van der Waals surface area contributed by atoms with Gasteiger partial charge in [0.1, 0.15) is 4.90 Å². The van der Waals surface area contributed by atoms with E-state index in [0.29, 0.717) is 19.1 Å². The Bertz CT molecular complexity index is 666. The number of halogens is 3. The van der Waals surface area contributed by atoms with Crippen molar-refractivity contribution in [2.75, 3.05) is 26.2 Å². The monoisotopic (exact) mass is 368 g/mol. The zero-order valence-electron chi connectivity index (χ0n) is 11.2. The molecule has 0 saturated carbocycles. The first-order chi connectivity index (χ1) is 9.89. The van der Waals surface area contributed by atoms with Gasteiger partial charge >= 0.3 is 0 Å². The average Bonchev–Trinajstić information content (AvgIpc) is 2.90. The van der Waals surface area contributed by atoms with Crippen LogP contribution in [0.5, 0.6) is 0 Å². The van der Waals surface area contributed by atoms with Gasteiger partial charge < -0.3 is 0 Å². The molecule has 0 spiro atoms. The number of sulfonamides is 1. The van der Waals surface area contributed by atoms with Crippen LogP contribution in [0.25, 0.3) is 0 Å². The first kappa shape index (κ1) is 15.8. The predicted octanol–water partition coefficient (Wildman–Crippen LogP) is 3.12. The topological polar surface area (TPSA) is 40.6 Å². The molecule has 8 heteroatoms. The maximum atomic E-state index is 12.8. The molecule has 4 nitrogen and oxygen atoms in total. The van der Waals surface area contributed by atoms with E-state index in [1.807, 2.05) is 0 Å². The van der Waals surface area contributed by atoms with Crippen LogP contribution in [-0.4, -0.2) is 49.8 Å². The molecule has 2 aliphatic heterocycles. The summed E-state index contributed by atoms with van der Waals surface area (Å²) < 4.78 is 27.1. The highest BCUT2D eigenvalue weighted by atomic mass is 35.5. The van der Waals surface area contributed by atoms with Crippen molar-refractivity contribution in [2.24, 2.45) is 0 Å². The van der Waals surface area contributed by atoms with Crippen molar-refractivity contribution < 1.29 is 8.42 Å². The molecule has 0 amide bonds. The molecule has 2 heterocycles. The molecule has 2 fully saturated rings. The minimum Gasteiger partial charge on any atom is -0.298 e. The van der Waals surface area contributed by atoms with Gasteiger partial charge in [-0.2, -0.15) is 4.31 Å². The third-order valence-corrected chi connectivity index (χ3v) is 7.19. The predicted molar refractivity (Wildman–Crippen MR) is 84.8 cm³/mol. The van der Waals surface area contributed by atoms with Gasteiger partial charge in [-0.1, -0.05) is 34.8 Å². The summed E-state index contributed by atoms with van der Waals surface area (Å²) in [6.45, 7) is 2.82. The van der Waals surface area contributed by atoms with Crippen molar-refractivity contribution in [1.82, 2.24) is 9.21 Å². The second kappa shape index (κ2) is 5.87. The zero-order chi connectivity index (χ0) is 15.2. The fourth-order valence-corrected chi connectivity index (χ4v) is 5.47. The van der Waals surface area contributed by atoms with Gasteiger partial charge in [-0.25, -0.2) is 8.42 Å². The maximum absolute atomic E-state index is 12.8. The van der Waals surface area contributed by atoms with E-state index in [4.69, 9.17) is 34.8 Å². The summed E-state index contributed by atoms with van der Waals surface area (Å²) in [5.74, 6) is 0. The Morgan fingerprint density at radius 3 is 2.48 bits per heavy atom. The number of benzene rings is 1. The Morgan fingerprint density at radius 2 is 1.71 bits per heavy atom. The van der Waals surface area contributed by atoms with Gasteiger partial charge in [0.15, 0.2) is 0 Å². The van der Waals surface area contributed by atoms with E-state index in [1.54, 1.807) is 0 Å². The van der Waals surface area contributed by atoms with Crippen molar-refractivity contribution in [1.29, 1.82) is 0 Å². The lowest BCUT2D eigenvalue weighted by Crippen LogP contribution is -2.51. The average molecular weight is 370 g/mol. The molecular weight excluding hydrogens is 355 g/mol. The van der Waals surface area contributed by atoms with Crippen molar-refractivity contribution in [2.45, 2.75) is 23.8 Å². The first-order valence-corrected chi connectivity index (χ1v) is 9.36. The second-order valence-electron chi connectivity index (χ2n) is 5.39. The fourth-order valence-electron chi connectivity index (χ4n) is 3.02. The maximum Gasteiger partial charge on any atom is 0.244 e. The van der Waals surface area contributed by atoms with Crippen molar-refractivity contribution in [3.63, 3.8) is 0 Å². The van der Waals surface area contributed by atoms with Crippen LogP contribution in [0.2, 0.25) is 15.1 Å². The lowest BCUT2D eigenvalue weighted by Gasteiger charge is -2.36. The summed E-state index contributed by atoms with van der Waals surface area (Å²) in [6, 6.07) is 3.03. The SMILES string of the molecule is O=S(=O)(c1cc(Cl)c(Cl)cc1Cl)N1CCN2CCC[C@@H]2C1. The molecule has 21 heavy (non-hydrogen) atoms. The molecule has 0 aliphatic carbocycles. The van der Waals surface area contributed by atoms with Crippen LogP contribution < -0.4 is 0 Å². The molecule has 2 saturated heterocycles. The molecule has 0 N–H and O–H groups in total. The second-order valence-corrected chi connectivity index (χ2v) is 8.52. The summed E-state index contributed by atoms with van der Waals surface area (Å²) >= 11 is 17.9. The molecule has 3 rings (SSSR count). The number of rotatable bonds is 2. The lowest BCUT2D eigenvalue weighted by atomic mass is 10.2. The Morgan fingerprint density at radius 1 is 1.00 bits per heavy atom. The standard InChI is InChI=1S/C13H15Cl3N2O2S/c14-10-6-12(16)13(7-11(10)15)21(19,20)18-5-4-17-3-1-2-9(17)8-18/h6-7,9H,1-5,8H2/t9-/m1/s1. The Kier molecular flexibility index (Phi) is 4.43. The van der Waals surface area contributed by atoms with Gasteiger partial charge in [-0.3, -0.25) is 4.90 Å². The largest absolute Gasteiger partial charge is 0.298 e. The fraction of sp³-hybridized carbons (Fsp3) is 0.538. The van der Waals surface area contributed by atoms with Gasteiger partial charge in [0.2, 0.25) is 10.0 Å². The van der Waals surface area contributed by atoms with E-state index in [2.05, 4.69) is 4.90 Å². The molecule has 0 radical (unpaired) electrons. The number of hydrogen-bond acceptors (Lipinski definition) is 3. The van der Waals surface area contributed by atoms with Gasteiger partial charge in [0, 0.05) is 25.7 Å². The minimum atomic E-state index is -3.64. The number of fused-ring (bicyclic) bond motifs is 1. The molecular formula is C13H15Cl3N2O2S. The van der Waals surface area contributed by atoms with E-state index in [0.717, 1.165) is 25.9 Å². The van der Waals surface area contributed by atoms with Crippen LogP contribution in [0.15, 0.2) is 17.0 Å². The highest BCUT2D eigenvalue weighted by Gasteiger charge is 2.37. The highest BCUT2D eigenvalue weighted by Crippen LogP contribution is 2.34. The Labute approximate surface area is 139 Å². The van der Waals surface area contributed by atoms with Gasteiger partial charge in [0.25, 0.3) is 0 Å². The number of piperazine rings is 1. The quantitative estimate of drug-likeness (QED) is 0.752. The summed E-state index contributed by atoms with van der Waals surface area (Å²) in [6.07, 6.45) is 2.17. The van der Waals surface area contributed by atoms with Crippen LogP contribution in [0.3, 0.4) is 0 Å². The van der Waals surface area contributed by atoms with E-state index in [9.17, 15) is 8.42 Å². The van der Waals surface area contributed by atoms with Crippen LogP contribution in [0, 0.1) is 0 Å². The lowest BCUT2D eigenvalue weighted by molar-refractivity contribution is 0.158. The van der Waals surface area contributed by atoms with Crippen LogP contribution >= 0.6 is 34.8 Å². The smallest absolute Gasteiger partial charge is 0.244 e. The van der Waals surface area contributed by atoms with Crippen LogP contribution in [0.1, 0.15) is 12.8 Å². The number of nitrogens with zero attached hydrogens (tertiary/aromatic N) is 2. The molecule has 0 aromatic heterocycles. The molecule has 0 unspecified atom stereocenters. The van der Waals surface area contributed by atoms with Crippen molar-refractivity contribution >= 4 is 44.8 Å². The number of hydrogen-bond donors (Lipinski definition) is 0. The molecule has 0 bridgehead atoms. The van der Waals surface area contributed by atoms with Crippen LogP contribution in [0.4, 0.5) is 0 Å². The van der Waals surface area contributed by atoms with Gasteiger partial charge in [0.05, 0.1) is 15.1 Å². The third kappa shape index (κ3) is 2.92. The molecule has 116 valence electrons.